The van der Waals surface area contributed by atoms with E-state index < -0.39 is 0 Å². The molecule has 1 aliphatic rings. The third-order valence-electron chi connectivity index (χ3n) is 5.26. The van der Waals surface area contributed by atoms with Crippen LogP contribution >= 0.6 is 11.3 Å². The van der Waals surface area contributed by atoms with Crippen LogP contribution < -0.4 is 0 Å². The first-order valence-electron chi connectivity index (χ1n) is 9.74. The molecule has 5 rings (SSSR count). The number of aryl methyl sites for hydroxylation is 1. The van der Waals surface area contributed by atoms with E-state index in [1.54, 1.807) is 23.7 Å². The fraction of sp³-hybridized carbons (Fsp3) is 0.217. The number of rotatable bonds is 4. The average molecular weight is 400 g/mol. The molecule has 4 heterocycles. The fourth-order valence-corrected chi connectivity index (χ4v) is 4.73. The summed E-state index contributed by atoms with van der Waals surface area (Å²) in [6, 6.07) is 12.3. The molecule has 5 nitrogen and oxygen atoms in total. The lowest BCUT2D eigenvalue weighted by Gasteiger charge is -2.27. The maximum Gasteiger partial charge on any atom is 0.159 e. The van der Waals surface area contributed by atoms with Gasteiger partial charge in [0, 0.05) is 72.4 Å². The molecular weight excluding hydrogens is 378 g/mol. The van der Waals surface area contributed by atoms with Crippen LogP contribution in [-0.2, 0) is 19.5 Å². The molecular formula is C23H21N5S. The topological polar surface area (TPSA) is 54.8 Å². The minimum atomic E-state index is 0.782. The summed E-state index contributed by atoms with van der Waals surface area (Å²) in [6.07, 6.45) is 8.50. The number of thiazole rings is 1. The van der Waals surface area contributed by atoms with Crippen LogP contribution in [-0.4, -0.2) is 31.4 Å². The smallest absolute Gasteiger partial charge is 0.159 e. The van der Waals surface area contributed by atoms with Gasteiger partial charge in [-0.1, -0.05) is 24.3 Å². The second kappa shape index (κ2) is 7.81. The van der Waals surface area contributed by atoms with Gasteiger partial charge in [0.15, 0.2) is 5.82 Å². The van der Waals surface area contributed by atoms with Crippen LogP contribution in [0.3, 0.4) is 0 Å². The van der Waals surface area contributed by atoms with E-state index >= 15 is 0 Å². The summed E-state index contributed by atoms with van der Waals surface area (Å²) in [7, 11) is 0. The minimum absolute atomic E-state index is 0.782. The zero-order chi connectivity index (χ0) is 19.6. The van der Waals surface area contributed by atoms with E-state index in [2.05, 4.69) is 51.0 Å². The number of nitrogens with zero attached hydrogens (tertiary/aromatic N) is 5. The Kier molecular flexibility index (Phi) is 4.87. The number of benzene rings is 1. The van der Waals surface area contributed by atoms with Gasteiger partial charge in [-0.2, -0.15) is 0 Å². The van der Waals surface area contributed by atoms with Crippen molar-refractivity contribution in [2.45, 2.75) is 26.4 Å². The summed E-state index contributed by atoms with van der Waals surface area (Å²) in [4.78, 5) is 21.9. The summed E-state index contributed by atoms with van der Waals surface area (Å²) in [6.45, 7) is 4.92. The lowest BCUT2D eigenvalue weighted by molar-refractivity contribution is 0.245. The number of pyridine rings is 1. The van der Waals surface area contributed by atoms with Gasteiger partial charge in [0.05, 0.1) is 5.69 Å². The Balaban J connectivity index is 1.30. The standard InChI is InChI=1S/C23H21N5S/c1-16-4-2-3-5-20(16)23-26-13-19(29-23)15-28-11-8-21-18(14-28)12-25-22(27-21)17-6-9-24-10-7-17/h2-7,9-10,12-13H,8,11,14-15H2,1H3. The second-order valence-corrected chi connectivity index (χ2v) is 8.42. The SMILES string of the molecule is Cc1ccccc1-c1ncc(CN2CCc3nc(-c4ccncc4)ncc3C2)s1. The van der Waals surface area contributed by atoms with Crippen molar-refractivity contribution in [1.82, 2.24) is 24.8 Å². The molecule has 3 aromatic heterocycles. The van der Waals surface area contributed by atoms with Crippen LogP contribution in [0, 0.1) is 6.92 Å². The molecule has 0 fully saturated rings. The predicted molar refractivity (Wildman–Crippen MR) is 115 cm³/mol. The molecule has 0 N–H and O–H groups in total. The van der Waals surface area contributed by atoms with Gasteiger partial charge in [0.25, 0.3) is 0 Å². The number of hydrogen-bond donors (Lipinski definition) is 0. The van der Waals surface area contributed by atoms with Crippen molar-refractivity contribution in [3.05, 3.63) is 82.9 Å². The summed E-state index contributed by atoms with van der Waals surface area (Å²) >= 11 is 1.78. The number of aromatic nitrogens is 4. The quantitative estimate of drug-likeness (QED) is 0.505. The zero-order valence-electron chi connectivity index (χ0n) is 16.2. The zero-order valence-corrected chi connectivity index (χ0v) is 17.1. The van der Waals surface area contributed by atoms with E-state index in [0.29, 0.717) is 0 Å². The largest absolute Gasteiger partial charge is 0.293 e. The van der Waals surface area contributed by atoms with Crippen molar-refractivity contribution < 1.29 is 0 Å². The Labute approximate surface area is 174 Å². The molecule has 1 aliphatic heterocycles. The highest BCUT2D eigenvalue weighted by atomic mass is 32.1. The third-order valence-corrected chi connectivity index (χ3v) is 6.28. The monoisotopic (exact) mass is 399 g/mol. The highest BCUT2D eigenvalue weighted by Gasteiger charge is 2.20. The lowest BCUT2D eigenvalue weighted by Crippen LogP contribution is -2.30. The van der Waals surface area contributed by atoms with E-state index in [-0.39, 0.29) is 0 Å². The molecule has 29 heavy (non-hydrogen) atoms. The van der Waals surface area contributed by atoms with Crippen LogP contribution in [0.15, 0.2) is 61.2 Å². The normalized spacial score (nSPS) is 14.0. The Morgan fingerprint density at radius 1 is 1.03 bits per heavy atom. The lowest BCUT2D eigenvalue weighted by atomic mass is 10.1. The summed E-state index contributed by atoms with van der Waals surface area (Å²) in [5, 5.41) is 1.10. The van der Waals surface area contributed by atoms with Crippen LogP contribution in [0.25, 0.3) is 22.0 Å². The van der Waals surface area contributed by atoms with Crippen molar-refractivity contribution in [1.29, 1.82) is 0 Å². The predicted octanol–water partition coefficient (Wildman–Crippen LogP) is 4.53. The van der Waals surface area contributed by atoms with Crippen molar-refractivity contribution in [2.75, 3.05) is 6.54 Å². The molecule has 0 saturated carbocycles. The molecule has 0 spiro atoms. The van der Waals surface area contributed by atoms with Crippen molar-refractivity contribution in [2.24, 2.45) is 0 Å². The Hall–Kier alpha value is -2.96. The fourth-order valence-electron chi connectivity index (χ4n) is 3.69. The van der Waals surface area contributed by atoms with E-state index in [9.17, 15) is 0 Å². The molecule has 0 saturated heterocycles. The second-order valence-electron chi connectivity index (χ2n) is 7.31. The van der Waals surface area contributed by atoms with E-state index in [1.807, 2.05) is 24.5 Å². The first kappa shape index (κ1) is 18.1. The van der Waals surface area contributed by atoms with Crippen molar-refractivity contribution in [3.63, 3.8) is 0 Å². The highest BCUT2D eigenvalue weighted by Crippen LogP contribution is 2.29. The first-order chi connectivity index (χ1) is 14.3. The summed E-state index contributed by atoms with van der Waals surface area (Å²) in [5.74, 6) is 0.782. The molecule has 0 bridgehead atoms. The Bertz CT molecular complexity index is 1140. The van der Waals surface area contributed by atoms with Crippen LogP contribution in [0.1, 0.15) is 21.7 Å². The van der Waals surface area contributed by atoms with Gasteiger partial charge in [-0.25, -0.2) is 15.0 Å². The average Bonchev–Trinajstić information content (AvgIpc) is 3.22. The molecule has 0 amide bonds. The maximum absolute atomic E-state index is 4.80. The Morgan fingerprint density at radius 2 is 1.90 bits per heavy atom. The van der Waals surface area contributed by atoms with E-state index in [1.165, 1.54) is 21.6 Å². The van der Waals surface area contributed by atoms with E-state index in [0.717, 1.165) is 48.1 Å². The number of hydrogen-bond acceptors (Lipinski definition) is 6. The van der Waals surface area contributed by atoms with Crippen LogP contribution in [0.4, 0.5) is 0 Å². The van der Waals surface area contributed by atoms with Gasteiger partial charge in [-0.15, -0.1) is 11.3 Å². The van der Waals surface area contributed by atoms with Gasteiger partial charge >= 0.3 is 0 Å². The molecule has 0 atom stereocenters. The molecule has 6 heteroatoms. The maximum atomic E-state index is 4.80. The molecule has 4 aromatic rings. The molecule has 0 aliphatic carbocycles. The molecule has 0 unspecified atom stereocenters. The first-order valence-corrected chi connectivity index (χ1v) is 10.6. The number of fused-ring (bicyclic) bond motifs is 1. The highest BCUT2D eigenvalue weighted by molar-refractivity contribution is 7.15. The van der Waals surface area contributed by atoms with Gasteiger partial charge in [0.1, 0.15) is 5.01 Å². The molecule has 144 valence electrons. The van der Waals surface area contributed by atoms with Gasteiger partial charge < -0.3 is 0 Å². The summed E-state index contributed by atoms with van der Waals surface area (Å²) < 4.78 is 0. The van der Waals surface area contributed by atoms with Gasteiger partial charge in [-0.05, 0) is 24.6 Å². The molecule has 0 radical (unpaired) electrons. The summed E-state index contributed by atoms with van der Waals surface area (Å²) in [5.41, 5.74) is 5.89. The van der Waals surface area contributed by atoms with Crippen molar-refractivity contribution in [3.8, 4) is 22.0 Å². The third kappa shape index (κ3) is 3.81. The molecule has 1 aromatic carbocycles. The van der Waals surface area contributed by atoms with Gasteiger partial charge in [0.2, 0.25) is 0 Å². The van der Waals surface area contributed by atoms with E-state index in [4.69, 9.17) is 4.98 Å². The Morgan fingerprint density at radius 3 is 2.76 bits per heavy atom. The van der Waals surface area contributed by atoms with Gasteiger partial charge in [-0.3, -0.25) is 9.88 Å². The minimum Gasteiger partial charge on any atom is -0.293 e. The van der Waals surface area contributed by atoms with Crippen LogP contribution in [0.5, 0.6) is 0 Å². The van der Waals surface area contributed by atoms with Crippen molar-refractivity contribution >= 4 is 11.3 Å². The van der Waals surface area contributed by atoms with Crippen LogP contribution in [0.2, 0.25) is 0 Å².